The first-order valence-electron chi connectivity index (χ1n) is 7.22. The van der Waals surface area contributed by atoms with Crippen LogP contribution in [0.4, 0.5) is 0 Å². The first-order valence-corrected chi connectivity index (χ1v) is 8.01. The highest BCUT2D eigenvalue weighted by Crippen LogP contribution is 2.17. The zero-order valence-corrected chi connectivity index (χ0v) is 14.0. The quantitative estimate of drug-likeness (QED) is 0.755. The van der Waals surface area contributed by atoms with Gasteiger partial charge in [-0.1, -0.05) is 53.2 Å². The number of rotatable bonds is 5. The Bertz CT molecular complexity index is 580. The van der Waals surface area contributed by atoms with Gasteiger partial charge in [-0.25, -0.2) is 0 Å². The van der Waals surface area contributed by atoms with Gasteiger partial charge in [0, 0.05) is 22.6 Å². The van der Waals surface area contributed by atoms with Gasteiger partial charge >= 0.3 is 0 Å². The van der Waals surface area contributed by atoms with Crippen molar-refractivity contribution in [1.82, 2.24) is 4.90 Å². The molecule has 0 spiro atoms. The van der Waals surface area contributed by atoms with Gasteiger partial charge in [0.2, 0.25) is 0 Å². The van der Waals surface area contributed by atoms with Crippen molar-refractivity contribution in [2.45, 2.75) is 32.9 Å². The second kappa shape index (κ2) is 7.41. The van der Waals surface area contributed by atoms with Gasteiger partial charge in [-0.15, -0.1) is 0 Å². The Balaban J connectivity index is 2.23. The highest BCUT2D eigenvalue weighted by molar-refractivity contribution is 9.10. The van der Waals surface area contributed by atoms with E-state index in [1.807, 2.05) is 47.4 Å². The molecule has 0 aliphatic heterocycles. The summed E-state index contributed by atoms with van der Waals surface area (Å²) in [6.07, 6.45) is 0.940. The third-order valence-electron chi connectivity index (χ3n) is 3.67. The highest BCUT2D eigenvalue weighted by atomic mass is 79.9. The minimum Gasteiger partial charge on any atom is -0.332 e. The lowest BCUT2D eigenvalue weighted by Crippen LogP contribution is -2.37. The van der Waals surface area contributed by atoms with Crippen LogP contribution in [0.3, 0.4) is 0 Å². The molecule has 0 saturated heterocycles. The number of carbonyl (C=O) groups is 1. The number of halogens is 1. The summed E-state index contributed by atoms with van der Waals surface area (Å²) in [5.74, 6) is 0.0840. The molecule has 21 heavy (non-hydrogen) atoms. The van der Waals surface area contributed by atoms with Gasteiger partial charge in [0.1, 0.15) is 0 Å². The van der Waals surface area contributed by atoms with E-state index in [1.54, 1.807) is 0 Å². The fraction of sp³-hybridized carbons (Fsp3) is 0.278. The maximum absolute atomic E-state index is 12.8. The first-order chi connectivity index (χ1) is 10.1. The molecule has 2 rings (SSSR count). The van der Waals surface area contributed by atoms with Crippen molar-refractivity contribution in [3.63, 3.8) is 0 Å². The molecule has 0 heterocycles. The van der Waals surface area contributed by atoms with Crippen molar-refractivity contribution in [2.75, 3.05) is 0 Å². The maximum atomic E-state index is 12.8. The van der Waals surface area contributed by atoms with Crippen LogP contribution in [-0.4, -0.2) is 16.8 Å². The van der Waals surface area contributed by atoms with Crippen LogP contribution >= 0.6 is 15.9 Å². The molecule has 2 nitrogen and oxygen atoms in total. The van der Waals surface area contributed by atoms with Crippen molar-refractivity contribution in [1.29, 1.82) is 0 Å². The largest absolute Gasteiger partial charge is 0.332 e. The average Bonchev–Trinajstić information content (AvgIpc) is 2.53. The summed E-state index contributed by atoms with van der Waals surface area (Å²) in [5.41, 5.74) is 1.89. The lowest BCUT2D eigenvalue weighted by Gasteiger charge is -2.29. The molecule has 0 radical (unpaired) electrons. The Labute approximate surface area is 134 Å². The van der Waals surface area contributed by atoms with E-state index in [9.17, 15) is 4.79 Å². The topological polar surface area (TPSA) is 20.3 Å². The summed E-state index contributed by atoms with van der Waals surface area (Å²) in [4.78, 5) is 14.7. The molecule has 3 heteroatoms. The van der Waals surface area contributed by atoms with Crippen LogP contribution in [0.25, 0.3) is 0 Å². The van der Waals surface area contributed by atoms with Gasteiger partial charge in [0.05, 0.1) is 0 Å². The van der Waals surface area contributed by atoms with E-state index < -0.39 is 0 Å². The number of benzene rings is 2. The zero-order valence-electron chi connectivity index (χ0n) is 12.4. The Morgan fingerprint density at radius 1 is 1.10 bits per heavy atom. The van der Waals surface area contributed by atoms with Crippen LogP contribution in [0.15, 0.2) is 59.1 Å². The van der Waals surface area contributed by atoms with Gasteiger partial charge < -0.3 is 4.90 Å². The lowest BCUT2D eigenvalue weighted by molar-refractivity contribution is 0.0671. The van der Waals surface area contributed by atoms with Crippen molar-refractivity contribution < 1.29 is 4.79 Å². The number of amides is 1. The van der Waals surface area contributed by atoms with Gasteiger partial charge in [-0.2, -0.15) is 0 Å². The van der Waals surface area contributed by atoms with Gasteiger partial charge in [-0.3, -0.25) is 4.79 Å². The number of nitrogens with zero attached hydrogens (tertiary/aromatic N) is 1. The molecule has 0 N–H and O–H groups in total. The fourth-order valence-corrected chi connectivity index (χ4v) is 2.45. The first kappa shape index (κ1) is 15.8. The van der Waals surface area contributed by atoms with E-state index >= 15 is 0 Å². The normalized spacial score (nSPS) is 12.0. The second-order valence-electron chi connectivity index (χ2n) is 5.18. The molecule has 0 aliphatic rings. The second-order valence-corrected chi connectivity index (χ2v) is 6.10. The summed E-state index contributed by atoms with van der Waals surface area (Å²) in [5, 5.41) is 0. The zero-order chi connectivity index (χ0) is 15.2. The van der Waals surface area contributed by atoms with E-state index in [1.165, 1.54) is 0 Å². The molecule has 0 aliphatic carbocycles. The summed E-state index contributed by atoms with van der Waals surface area (Å²) >= 11 is 3.40. The molecule has 1 unspecified atom stereocenters. The molecule has 1 amide bonds. The van der Waals surface area contributed by atoms with Gasteiger partial charge in [0.15, 0.2) is 0 Å². The third kappa shape index (κ3) is 4.18. The molecule has 0 saturated carbocycles. The van der Waals surface area contributed by atoms with Crippen LogP contribution in [0.2, 0.25) is 0 Å². The van der Waals surface area contributed by atoms with Crippen LogP contribution < -0.4 is 0 Å². The molecule has 0 fully saturated rings. The highest BCUT2D eigenvalue weighted by Gasteiger charge is 2.20. The van der Waals surface area contributed by atoms with E-state index in [0.29, 0.717) is 6.54 Å². The molecule has 0 aromatic heterocycles. The SMILES string of the molecule is CCC(C)N(Cc1ccccc1)C(=O)c1ccc(Br)cc1. The standard InChI is InChI=1S/C18H20BrNO/c1-3-14(2)20(13-15-7-5-4-6-8-15)18(21)16-9-11-17(19)12-10-16/h4-12,14H,3,13H2,1-2H3. The van der Waals surface area contributed by atoms with Crippen molar-refractivity contribution in [3.8, 4) is 0 Å². The Hall–Kier alpha value is -1.61. The molecule has 2 aromatic carbocycles. The van der Waals surface area contributed by atoms with Gasteiger partial charge in [0.25, 0.3) is 5.91 Å². The van der Waals surface area contributed by atoms with Crippen molar-refractivity contribution in [3.05, 3.63) is 70.2 Å². The molecular formula is C18H20BrNO. The van der Waals surface area contributed by atoms with E-state index in [4.69, 9.17) is 0 Å². The number of carbonyl (C=O) groups excluding carboxylic acids is 1. The van der Waals surface area contributed by atoms with Crippen LogP contribution in [0.5, 0.6) is 0 Å². The third-order valence-corrected chi connectivity index (χ3v) is 4.20. The predicted molar refractivity (Wildman–Crippen MR) is 90.2 cm³/mol. The van der Waals surface area contributed by atoms with Crippen LogP contribution in [0, 0.1) is 0 Å². The summed E-state index contributed by atoms with van der Waals surface area (Å²) in [7, 11) is 0. The van der Waals surface area contributed by atoms with Crippen LogP contribution in [0.1, 0.15) is 36.2 Å². The van der Waals surface area contributed by atoms with Crippen molar-refractivity contribution >= 4 is 21.8 Å². The number of hydrogen-bond donors (Lipinski definition) is 0. The molecular weight excluding hydrogens is 326 g/mol. The summed E-state index contributed by atoms with van der Waals surface area (Å²) in [6.45, 7) is 4.85. The minimum absolute atomic E-state index is 0.0840. The lowest BCUT2D eigenvalue weighted by atomic mass is 10.1. The maximum Gasteiger partial charge on any atom is 0.254 e. The minimum atomic E-state index is 0.0840. The predicted octanol–water partition coefficient (Wildman–Crippen LogP) is 4.89. The van der Waals surface area contributed by atoms with Gasteiger partial charge in [-0.05, 0) is 43.2 Å². The van der Waals surface area contributed by atoms with E-state index in [2.05, 4.69) is 41.9 Å². The van der Waals surface area contributed by atoms with E-state index in [0.717, 1.165) is 22.0 Å². The van der Waals surface area contributed by atoms with E-state index in [-0.39, 0.29) is 11.9 Å². The average molecular weight is 346 g/mol. The monoisotopic (exact) mass is 345 g/mol. The fourth-order valence-electron chi connectivity index (χ4n) is 2.19. The van der Waals surface area contributed by atoms with Crippen molar-refractivity contribution in [2.24, 2.45) is 0 Å². The summed E-state index contributed by atoms with van der Waals surface area (Å²) < 4.78 is 0.984. The Morgan fingerprint density at radius 2 is 1.71 bits per heavy atom. The smallest absolute Gasteiger partial charge is 0.254 e. The molecule has 0 bridgehead atoms. The summed E-state index contributed by atoms with van der Waals surface area (Å²) in [6, 6.07) is 17.9. The molecule has 1 atom stereocenters. The molecule has 110 valence electrons. The Kier molecular flexibility index (Phi) is 5.57. The number of hydrogen-bond acceptors (Lipinski definition) is 1. The Morgan fingerprint density at radius 3 is 2.29 bits per heavy atom. The van der Waals surface area contributed by atoms with Crippen LogP contribution in [-0.2, 0) is 6.54 Å². The molecule has 2 aromatic rings.